The Bertz CT molecular complexity index is 429. The lowest BCUT2D eigenvalue weighted by Gasteiger charge is -2.28. The van der Waals surface area contributed by atoms with Crippen molar-refractivity contribution >= 4 is 5.91 Å². The number of rotatable bonds is 6. The number of amides is 1. The average Bonchev–Trinajstić information content (AvgIpc) is 2.38. The zero-order valence-electron chi connectivity index (χ0n) is 12.8. The van der Waals surface area contributed by atoms with Gasteiger partial charge in [-0.3, -0.25) is 4.79 Å². The molecule has 1 rings (SSSR count). The van der Waals surface area contributed by atoms with Gasteiger partial charge in [0.2, 0.25) is 5.91 Å². The van der Waals surface area contributed by atoms with Gasteiger partial charge in [-0.1, -0.05) is 26.0 Å². The van der Waals surface area contributed by atoms with Crippen LogP contribution in [-0.4, -0.2) is 35.0 Å². The Balaban J connectivity index is 2.59. The highest BCUT2D eigenvalue weighted by atomic mass is 16.3. The van der Waals surface area contributed by atoms with Gasteiger partial charge in [0.15, 0.2) is 0 Å². The van der Waals surface area contributed by atoms with Gasteiger partial charge in [0.25, 0.3) is 0 Å². The topological polar surface area (TPSA) is 66.6 Å². The molecule has 1 aromatic carbocycles. The van der Waals surface area contributed by atoms with Crippen molar-refractivity contribution in [2.75, 3.05) is 7.05 Å². The Kier molecular flexibility index (Phi) is 6.02. The number of phenols is 1. The van der Waals surface area contributed by atoms with Gasteiger partial charge >= 0.3 is 0 Å². The van der Waals surface area contributed by atoms with Crippen molar-refractivity contribution in [3.63, 3.8) is 0 Å². The van der Waals surface area contributed by atoms with E-state index < -0.39 is 6.04 Å². The van der Waals surface area contributed by atoms with Crippen LogP contribution in [-0.2, 0) is 11.2 Å². The van der Waals surface area contributed by atoms with Crippen molar-refractivity contribution in [3.05, 3.63) is 29.8 Å². The first-order chi connectivity index (χ1) is 9.31. The van der Waals surface area contributed by atoms with Crippen molar-refractivity contribution < 1.29 is 9.90 Å². The lowest BCUT2D eigenvalue weighted by Crippen LogP contribution is -2.46. The molecule has 0 heterocycles. The molecule has 4 heteroatoms. The third kappa shape index (κ3) is 4.85. The smallest absolute Gasteiger partial charge is 0.239 e. The quantitative estimate of drug-likeness (QED) is 0.838. The van der Waals surface area contributed by atoms with Crippen LogP contribution in [0.2, 0.25) is 0 Å². The summed E-state index contributed by atoms with van der Waals surface area (Å²) in [5.74, 6) is 0.733. The second-order valence-electron chi connectivity index (χ2n) is 5.90. The fraction of sp³-hybridized carbons (Fsp3) is 0.562. The average molecular weight is 278 g/mol. The summed E-state index contributed by atoms with van der Waals surface area (Å²) in [5, 5.41) is 9.24. The predicted molar refractivity (Wildman–Crippen MR) is 81.5 cm³/mol. The van der Waals surface area contributed by atoms with Crippen molar-refractivity contribution in [1.82, 2.24) is 4.90 Å². The van der Waals surface area contributed by atoms with Gasteiger partial charge in [-0.25, -0.2) is 0 Å². The van der Waals surface area contributed by atoms with Gasteiger partial charge in [-0.15, -0.1) is 0 Å². The molecule has 0 spiro atoms. The Morgan fingerprint density at radius 2 is 1.80 bits per heavy atom. The molecular weight excluding hydrogens is 252 g/mol. The van der Waals surface area contributed by atoms with E-state index in [-0.39, 0.29) is 17.7 Å². The molecule has 0 aliphatic carbocycles. The maximum atomic E-state index is 12.3. The summed E-state index contributed by atoms with van der Waals surface area (Å²) in [6.07, 6.45) is 1.45. The summed E-state index contributed by atoms with van der Waals surface area (Å²) >= 11 is 0. The van der Waals surface area contributed by atoms with Gasteiger partial charge in [-0.05, 0) is 43.4 Å². The maximum Gasteiger partial charge on any atom is 0.239 e. The number of hydrogen-bond acceptors (Lipinski definition) is 3. The molecule has 0 aromatic heterocycles. The monoisotopic (exact) mass is 278 g/mol. The number of aromatic hydroxyl groups is 1. The third-order valence-corrected chi connectivity index (χ3v) is 3.53. The largest absolute Gasteiger partial charge is 0.508 e. The van der Waals surface area contributed by atoms with E-state index in [9.17, 15) is 9.90 Å². The van der Waals surface area contributed by atoms with Crippen LogP contribution in [0.3, 0.4) is 0 Å². The molecular formula is C16H26N2O2. The first-order valence-electron chi connectivity index (χ1n) is 7.11. The highest BCUT2D eigenvalue weighted by Crippen LogP contribution is 2.13. The zero-order chi connectivity index (χ0) is 15.3. The number of carbonyl (C=O) groups excluding carboxylic acids is 1. The van der Waals surface area contributed by atoms with Crippen molar-refractivity contribution in [2.24, 2.45) is 11.7 Å². The molecule has 4 nitrogen and oxygen atoms in total. The molecule has 1 aromatic rings. The fourth-order valence-corrected chi connectivity index (χ4v) is 2.29. The molecule has 0 radical (unpaired) electrons. The van der Waals surface area contributed by atoms with E-state index in [2.05, 4.69) is 13.8 Å². The van der Waals surface area contributed by atoms with E-state index in [1.165, 1.54) is 0 Å². The third-order valence-electron chi connectivity index (χ3n) is 3.53. The van der Waals surface area contributed by atoms with E-state index >= 15 is 0 Å². The summed E-state index contributed by atoms with van der Waals surface area (Å²) in [4.78, 5) is 14.0. The minimum Gasteiger partial charge on any atom is -0.508 e. The predicted octanol–water partition coefficient (Wildman–Crippen LogP) is 2.16. The van der Waals surface area contributed by atoms with Gasteiger partial charge in [-0.2, -0.15) is 0 Å². The fourth-order valence-electron chi connectivity index (χ4n) is 2.29. The second-order valence-corrected chi connectivity index (χ2v) is 5.90. The van der Waals surface area contributed by atoms with Crippen LogP contribution in [0.15, 0.2) is 24.3 Å². The Morgan fingerprint density at radius 1 is 1.25 bits per heavy atom. The molecule has 1 unspecified atom stereocenters. The zero-order valence-corrected chi connectivity index (χ0v) is 12.8. The summed E-state index contributed by atoms with van der Waals surface area (Å²) in [7, 11) is 1.81. The Morgan fingerprint density at radius 3 is 2.30 bits per heavy atom. The first-order valence-corrected chi connectivity index (χ1v) is 7.11. The van der Waals surface area contributed by atoms with Crippen LogP contribution in [0.1, 0.15) is 32.8 Å². The molecule has 0 fully saturated rings. The number of hydrogen-bond donors (Lipinski definition) is 2. The molecule has 112 valence electrons. The van der Waals surface area contributed by atoms with Gasteiger partial charge in [0.05, 0.1) is 6.04 Å². The number of nitrogens with zero attached hydrogens (tertiary/aromatic N) is 1. The molecule has 0 aliphatic rings. The summed E-state index contributed by atoms with van der Waals surface area (Å²) in [6, 6.07) is 6.45. The van der Waals surface area contributed by atoms with Crippen LogP contribution in [0.25, 0.3) is 0 Å². The highest BCUT2D eigenvalue weighted by molar-refractivity contribution is 5.82. The Hall–Kier alpha value is -1.55. The minimum atomic E-state index is -0.542. The van der Waals surface area contributed by atoms with Crippen molar-refractivity contribution in [2.45, 2.75) is 45.7 Å². The molecule has 0 saturated carbocycles. The van der Waals surface area contributed by atoms with Crippen molar-refractivity contribution in [1.29, 1.82) is 0 Å². The number of benzene rings is 1. The van der Waals surface area contributed by atoms with Crippen molar-refractivity contribution in [3.8, 4) is 5.75 Å². The van der Waals surface area contributed by atoms with E-state index in [0.717, 1.165) is 12.0 Å². The van der Waals surface area contributed by atoms with Crippen LogP contribution >= 0.6 is 0 Å². The summed E-state index contributed by atoms with van der Waals surface area (Å²) in [6.45, 7) is 6.33. The normalized spacial score (nSPS) is 14.1. The number of nitrogens with two attached hydrogens (primary N) is 1. The molecule has 2 atom stereocenters. The summed E-state index contributed by atoms with van der Waals surface area (Å²) < 4.78 is 0. The summed E-state index contributed by atoms with van der Waals surface area (Å²) in [5.41, 5.74) is 6.96. The first kappa shape index (κ1) is 16.5. The van der Waals surface area contributed by atoms with E-state index in [4.69, 9.17) is 5.73 Å². The SMILES string of the molecule is CC(C)CC(C)N(C)C(=O)[C@H](N)Cc1ccc(O)cc1. The molecule has 3 N–H and O–H groups in total. The molecule has 0 bridgehead atoms. The highest BCUT2D eigenvalue weighted by Gasteiger charge is 2.22. The standard InChI is InChI=1S/C16H26N2O2/c1-11(2)9-12(3)18(4)16(20)15(17)10-13-5-7-14(19)8-6-13/h5-8,11-12,15,19H,9-10,17H2,1-4H3/t12?,15-/m1/s1. The lowest BCUT2D eigenvalue weighted by molar-refractivity contribution is -0.133. The maximum absolute atomic E-state index is 12.3. The Labute approximate surface area is 121 Å². The van der Waals surface area contributed by atoms with Crippen LogP contribution in [0.4, 0.5) is 0 Å². The second kappa shape index (κ2) is 7.29. The lowest BCUT2D eigenvalue weighted by atomic mass is 10.0. The van der Waals surface area contributed by atoms with E-state index in [1.807, 2.05) is 14.0 Å². The van der Waals surface area contributed by atoms with Crippen LogP contribution < -0.4 is 5.73 Å². The molecule has 0 aliphatic heterocycles. The number of carbonyl (C=O) groups is 1. The van der Waals surface area contributed by atoms with E-state index in [1.54, 1.807) is 29.2 Å². The van der Waals surface area contributed by atoms with Gasteiger partial charge in [0.1, 0.15) is 5.75 Å². The molecule has 1 amide bonds. The molecule has 20 heavy (non-hydrogen) atoms. The van der Waals surface area contributed by atoms with Gasteiger partial charge < -0.3 is 15.7 Å². The number of phenolic OH excluding ortho intramolecular Hbond substituents is 1. The van der Waals surface area contributed by atoms with Crippen LogP contribution in [0.5, 0.6) is 5.75 Å². The minimum absolute atomic E-state index is 0.0359. The number of likely N-dealkylation sites (N-methyl/N-ethyl adjacent to an activating group) is 1. The van der Waals surface area contributed by atoms with Crippen LogP contribution in [0, 0.1) is 5.92 Å². The molecule has 0 saturated heterocycles. The van der Waals surface area contributed by atoms with E-state index in [0.29, 0.717) is 12.3 Å². The van der Waals surface area contributed by atoms with Gasteiger partial charge in [0, 0.05) is 13.1 Å².